The van der Waals surface area contributed by atoms with Gasteiger partial charge in [0.05, 0.1) is 11.0 Å². The van der Waals surface area contributed by atoms with Crippen LogP contribution in [0.3, 0.4) is 0 Å². The van der Waals surface area contributed by atoms with E-state index in [1.54, 1.807) is 0 Å². The third kappa shape index (κ3) is 3.55. The number of H-pyrrole nitrogens is 1. The van der Waals surface area contributed by atoms with Gasteiger partial charge in [0, 0.05) is 6.54 Å². The lowest BCUT2D eigenvalue weighted by atomic mass is 10.2. The van der Waals surface area contributed by atoms with Gasteiger partial charge in [0.1, 0.15) is 23.4 Å². The van der Waals surface area contributed by atoms with E-state index in [0.29, 0.717) is 6.61 Å². The number of imidazole rings is 1. The lowest BCUT2D eigenvalue weighted by Crippen LogP contribution is -2.11. The van der Waals surface area contributed by atoms with E-state index in [0.717, 1.165) is 40.8 Å². The number of aromatic amines is 1. The van der Waals surface area contributed by atoms with E-state index >= 15 is 0 Å². The Labute approximate surface area is 163 Å². The molecule has 0 saturated carbocycles. The fraction of sp³-hybridized carbons (Fsp3) is 0.250. The zero-order valence-corrected chi connectivity index (χ0v) is 16.1. The number of benzene rings is 2. The molecule has 2 aromatic carbocycles. The average Bonchev–Trinajstić information content (AvgIpc) is 3.30. The van der Waals surface area contributed by atoms with Crippen LogP contribution in [-0.2, 0) is 13.2 Å². The topological polar surface area (TPSA) is 68.6 Å². The molecule has 0 radical (unpaired) electrons. The highest BCUT2D eigenvalue weighted by molar-refractivity contribution is 7.80. The second-order valence-corrected chi connectivity index (χ2v) is 6.88. The summed E-state index contributed by atoms with van der Waals surface area (Å²) in [5.74, 6) is 3.09. The predicted octanol–water partition coefficient (Wildman–Crippen LogP) is 4.08. The zero-order valence-electron chi connectivity index (χ0n) is 15.3. The number of thiol groups is 1. The maximum Gasteiger partial charge on any atom is 0.171 e. The number of hydrogen-bond donors (Lipinski definition) is 2. The first-order chi connectivity index (χ1) is 13.2. The summed E-state index contributed by atoms with van der Waals surface area (Å²) in [4.78, 5) is 7.95. The van der Waals surface area contributed by atoms with Gasteiger partial charge in [0.2, 0.25) is 0 Å². The minimum atomic E-state index is -0.294. The van der Waals surface area contributed by atoms with E-state index in [-0.39, 0.29) is 5.25 Å². The minimum Gasteiger partial charge on any atom is -0.486 e. The van der Waals surface area contributed by atoms with Gasteiger partial charge in [-0.2, -0.15) is 12.6 Å². The van der Waals surface area contributed by atoms with Gasteiger partial charge in [-0.05, 0) is 38.1 Å². The smallest absolute Gasteiger partial charge is 0.171 e. The lowest BCUT2D eigenvalue weighted by Gasteiger charge is -2.12. The molecule has 138 valence electrons. The Morgan fingerprint density at radius 1 is 1.11 bits per heavy atom. The van der Waals surface area contributed by atoms with Crippen LogP contribution in [0.4, 0.5) is 0 Å². The van der Waals surface area contributed by atoms with Gasteiger partial charge in [-0.3, -0.25) is 0 Å². The second-order valence-electron chi connectivity index (χ2n) is 6.36. The van der Waals surface area contributed by atoms with Crippen LogP contribution in [0, 0.1) is 6.92 Å². The number of ether oxygens (including phenoxy) is 1. The summed E-state index contributed by atoms with van der Waals surface area (Å²) in [6.07, 6.45) is 0. The number of nitrogens with one attached hydrogen (secondary N) is 1. The molecular formula is C20H21N5OS. The molecule has 0 aliphatic heterocycles. The molecule has 2 heterocycles. The van der Waals surface area contributed by atoms with Crippen molar-refractivity contribution in [2.75, 3.05) is 0 Å². The highest BCUT2D eigenvalue weighted by atomic mass is 32.1. The van der Waals surface area contributed by atoms with Crippen LogP contribution in [0.1, 0.15) is 35.2 Å². The highest BCUT2D eigenvalue weighted by Gasteiger charge is 2.22. The molecule has 0 amide bonds. The van der Waals surface area contributed by atoms with Crippen LogP contribution in [0.15, 0.2) is 48.5 Å². The molecule has 27 heavy (non-hydrogen) atoms. The van der Waals surface area contributed by atoms with Crippen LogP contribution in [0.2, 0.25) is 0 Å². The second kappa shape index (κ2) is 7.44. The van der Waals surface area contributed by atoms with Crippen molar-refractivity contribution in [2.45, 2.75) is 32.2 Å². The average molecular weight is 379 g/mol. The van der Waals surface area contributed by atoms with Crippen molar-refractivity contribution in [2.24, 2.45) is 0 Å². The van der Waals surface area contributed by atoms with Crippen molar-refractivity contribution in [3.63, 3.8) is 0 Å². The van der Waals surface area contributed by atoms with E-state index in [9.17, 15) is 0 Å². The van der Waals surface area contributed by atoms with Gasteiger partial charge in [-0.25, -0.2) is 4.98 Å². The normalized spacial score (nSPS) is 12.4. The molecule has 6 nitrogen and oxygen atoms in total. The SMILES string of the molecule is CCn1c(COc2ccc(C)cc2)nnc1C(S)c1nc2ccccc2[nH]1. The first-order valence-electron chi connectivity index (χ1n) is 8.90. The van der Waals surface area contributed by atoms with Crippen molar-refractivity contribution in [3.8, 4) is 5.75 Å². The standard InChI is InChI=1S/C20H21N5OS/c1-3-25-17(12-26-14-10-8-13(2)9-11-14)23-24-20(25)18(27)19-21-15-6-4-5-7-16(15)22-19/h4-11,18,27H,3,12H2,1-2H3,(H,21,22). The minimum absolute atomic E-state index is 0.294. The zero-order chi connectivity index (χ0) is 18.8. The van der Waals surface area contributed by atoms with Gasteiger partial charge in [0.25, 0.3) is 0 Å². The fourth-order valence-corrected chi connectivity index (χ4v) is 3.32. The first kappa shape index (κ1) is 17.6. The van der Waals surface area contributed by atoms with Gasteiger partial charge in [-0.1, -0.05) is 29.8 Å². The maximum absolute atomic E-state index is 5.86. The van der Waals surface area contributed by atoms with Crippen LogP contribution in [-0.4, -0.2) is 24.7 Å². The van der Waals surface area contributed by atoms with E-state index in [1.165, 1.54) is 5.56 Å². The summed E-state index contributed by atoms with van der Waals surface area (Å²) < 4.78 is 7.89. The molecule has 4 aromatic rings. The molecule has 0 aliphatic carbocycles. The molecule has 1 atom stereocenters. The molecule has 0 aliphatic rings. The first-order valence-corrected chi connectivity index (χ1v) is 9.41. The van der Waals surface area contributed by atoms with Crippen LogP contribution in [0.25, 0.3) is 11.0 Å². The predicted molar refractivity (Wildman–Crippen MR) is 108 cm³/mol. The Kier molecular flexibility index (Phi) is 4.85. The van der Waals surface area contributed by atoms with E-state index < -0.39 is 0 Å². The largest absolute Gasteiger partial charge is 0.486 e. The summed E-state index contributed by atoms with van der Waals surface area (Å²) >= 11 is 4.75. The Morgan fingerprint density at radius 2 is 1.89 bits per heavy atom. The number of para-hydroxylation sites is 2. The number of aryl methyl sites for hydroxylation is 1. The molecule has 7 heteroatoms. The van der Waals surface area contributed by atoms with Crippen LogP contribution in [0.5, 0.6) is 5.75 Å². The van der Waals surface area contributed by atoms with Gasteiger partial charge < -0.3 is 14.3 Å². The number of hydrogen-bond acceptors (Lipinski definition) is 5. The van der Waals surface area contributed by atoms with E-state index in [1.807, 2.05) is 53.1 Å². The summed E-state index contributed by atoms with van der Waals surface area (Å²) in [7, 11) is 0. The monoisotopic (exact) mass is 379 g/mol. The van der Waals surface area contributed by atoms with Crippen LogP contribution >= 0.6 is 12.6 Å². The van der Waals surface area contributed by atoms with Crippen molar-refractivity contribution in [3.05, 3.63) is 71.6 Å². The summed E-state index contributed by atoms with van der Waals surface area (Å²) in [5.41, 5.74) is 3.10. The Hall–Kier alpha value is -2.80. The third-order valence-electron chi connectivity index (χ3n) is 4.47. The van der Waals surface area contributed by atoms with Crippen LogP contribution < -0.4 is 4.74 Å². The van der Waals surface area contributed by atoms with Crippen molar-refractivity contribution < 1.29 is 4.74 Å². The van der Waals surface area contributed by atoms with Gasteiger partial charge in [0.15, 0.2) is 11.6 Å². The number of nitrogens with zero attached hydrogens (tertiary/aromatic N) is 4. The lowest BCUT2D eigenvalue weighted by molar-refractivity contribution is 0.289. The molecule has 0 bridgehead atoms. The summed E-state index contributed by atoms with van der Waals surface area (Å²) in [6, 6.07) is 15.9. The van der Waals surface area contributed by atoms with E-state index in [2.05, 4.69) is 34.0 Å². The molecule has 2 aromatic heterocycles. The Morgan fingerprint density at radius 3 is 2.63 bits per heavy atom. The molecule has 0 spiro atoms. The molecule has 1 unspecified atom stereocenters. The fourth-order valence-electron chi connectivity index (χ4n) is 3.01. The summed E-state index contributed by atoms with van der Waals surface area (Å²) in [6.45, 7) is 5.19. The molecule has 0 fully saturated rings. The summed E-state index contributed by atoms with van der Waals surface area (Å²) in [5, 5.41) is 8.38. The van der Waals surface area contributed by atoms with E-state index in [4.69, 9.17) is 17.4 Å². The molecular weight excluding hydrogens is 358 g/mol. The molecule has 4 rings (SSSR count). The highest BCUT2D eigenvalue weighted by Crippen LogP contribution is 2.27. The molecule has 0 saturated heterocycles. The Bertz CT molecular complexity index is 1020. The third-order valence-corrected chi connectivity index (χ3v) is 4.95. The maximum atomic E-state index is 5.86. The van der Waals surface area contributed by atoms with Gasteiger partial charge >= 0.3 is 0 Å². The Balaban J connectivity index is 1.57. The number of aromatic nitrogens is 5. The van der Waals surface area contributed by atoms with Crippen molar-refractivity contribution >= 4 is 23.7 Å². The number of fused-ring (bicyclic) bond motifs is 1. The quantitative estimate of drug-likeness (QED) is 0.495. The van der Waals surface area contributed by atoms with Crippen molar-refractivity contribution in [1.29, 1.82) is 0 Å². The van der Waals surface area contributed by atoms with Gasteiger partial charge in [-0.15, -0.1) is 10.2 Å². The number of rotatable bonds is 6. The van der Waals surface area contributed by atoms with Crippen molar-refractivity contribution in [1.82, 2.24) is 24.7 Å². The molecule has 1 N–H and O–H groups in total.